The highest BCUT2D eigenvalue weighted by molar-refractivity contribution is 4.88. The van der Waals surface area contributed by atoms with Gasteiger partial charge < -0.3 is 5.32 Å². The zero-order valence-corrected chi connectivity index (χ0v) is 7.41. The van der Waals surface area contributed by atoms with E-state index in [9.17, 15) is 0 Å². The molecule has 0 saturated carbocycles. The molecule has 0 bridgehead atoms. The molecule has 10 heavy (non-hydrogen) atoms. The first-order chi connectivity index (χ1) is 4.62. The Morgan fingerprint density at radius 1 is 1.50 bits per heavy atom. The van der Waals surface area contributed by atoms with Gasteiger partial charge in [-0.15, -0.1) is 0 Å². The van der Waals surface area contributed by atoms with Gasteiger partial charge in [0.2, 0.25) is 0 Å². The van der Waals surface area contributed by atoms with Crippen molar-refractivity contribution in [2.75, 3.05) is 6.54 Å². The topological polar surface area (TPSA) is 12.0 Å². The van der Waals surface area contributed by atoms with Crippen molar-refractivity contribution in [3.05, 3.63) is 0 Å². The van der Waals surface area contributed by atoms with E-state index in [0.29, 0.717) is 5.54 Å². The molecule has 0 amide bonds. The molecule has 1 nitrogen and oxygen atoms in total. The van der Waals surface area contributed by atoms with Crippen LogP contribution in [0, 0.1) is 5.92 Å². The largest absolute Gasteiger partial charge is 0.312 e. The van der Waals surface area contributed by atoms with Crippen LogP contribution >= 0.6 is 0 Å². The molecule has 0 spiro atoms. The monoisotopic (exact) mass is 141 g/mol. The van der Waals surface area contributed by atoms with Gasteiger partial charge in [-0.2, -0.15) is 0 Å². The second kappa shape index (κ2) is 2.91. The third-order valence-electron chi connectivity index (χ3n) is 2.32. The van der Waals surface area contributed by atoms with Crippen LogP contribution in [0.15, 0.2) is 0 Å². The van der Waals surface area contributed by atoms with Crippen molar-refractivity contribution in [2.45, 2.75) is 45.6 Å². The summed E-state index contributed by atoms with van der Waals surface area (Å²) >= 11 is 0. The number of rotatable bonds is 2. The van der Waals surface area contributed by atoms with Crippen molar-refractivity contribution in [3.63, 3.8) is 0 Å². The van der Waals surface area contributed by atoms with Crippen molar-refractivity contribution >= 4 is 0 Å². The molecule has 1 aliphatic heterocycles. The standard InChI is InChI=1S/C9H19N/c1-8(2)7-9(3)5-4-6-10-9/h8,10H,4-7H2,1-3H3/t9-/m1/s1. The zero-order chi connectivity index (χ0) is 7.61. The minimum atomic E-state index is 0.466. The summed E-state index contributed by atoms with van der Waals surface area (Å²) in [6, 6.07) is 0. The molecule has 1 atom stereocenters. The summed E-state index contributed by atoms with van der Waals surface area (Å²) in [4.78, 5) is 0. The van der Waals surface area contributed by atoms with E-state index in [4.69, 9.17) is 0 Å². The van der Waals surface area contributed by atoms with Crippen LogP contribution in [-0.4, -0.2) is 12.1 Å². The van der Waals surface area contributed by atoms with E-state index < -0.39 is 0 Å². The minimum Gasteiger partial charge on any atom is -0.312 e. The molecule has 0 aromatic rings. The van der Waals surface area contributed by atoms with Crippen LogP contribution in [0.3, 0.4) is 0 Å². The van der Waals surface area contributed by atoms with E-state index in [0.717, 1.165) is 5.92 Å². The third-order valence-corrected chi connectivity index (χ3v) is 2.32. The maximum absolute atomic E-state index is 3.56. The van der Waals surface area contributed by atoms with Crippen LogP contribution in [-0.2, 0) is 0 Å². The summed E-state index contributed by atoms with van der Waals surface area (Å²) in [5.41, 5.74) is 0.466. The summed E-state index contributed by atoms with van der Waals surface area (Å²) in [6.07, 6.45) is 4.06. The Morgan fingerprint density at radius 2 is 2.20 bits per heavy atom. The Labute approximate surface area is 64.2 Å². The average Bonchev–Trinajstić information content (AvgIpc) is 2.12. The predicted octanol–water partition coefficient (Wildman–Crippen LogP) is 2.17. The number of nitrogens with one attached hydrogen (secondary N) is 1. The van der Waals surface area contributed by atoms with Crippen molar-refractivity contribution in [3.8, 4) is 0 Å². The molecule has 60 valence electrons. The van der Waals surface area contributed by atoms with E-state index in [2.05, 4.69) is 26.1 Å². The predicted molar refractivity (Wildman–Crippen MR) is 45.1 cm³/mol. The molecular weight excluding hydrogens is 122 g/mol. The van der Waals surface area contributed by atoms with Gasteiger partial charge in [0.1, 0.15) is 0 Å². The smallest absolute Gasteiger partial charge is 0.0156 e. The number of hydrogen-bond acceptors (Lipinski definition) is 1. The van der Waals surface area contributed by atoms with Gasteiger partial charge in [-0.1, -0.05) is 13.8 Å². The highest BCUT2D eigenvalue weighted by Crippen LogP contribution is 2.25. The Morgan fingerprint density at radius 3 is 2.60 bits per heavy atom. The molecule has 0 unspecified atom stereocenters. The quantitative estimate of drug-likeness (QED) is 0.621. The Balaban J connectivity index is 2.36. The first-order valence-corrected chi connectivity index (χ1v) is 4.37. The maximum atomic E-state index is 3.56. The lowest BCUT2D eigenvalue weighted by molar-refractivity contribution is 0.333. The van der Waals surface area contributed by atoms with E-state index in [-0.39, 0.29) is 0 Å². The lowest BCUT2D eigenvalue weighted by Gasteiger charge is -2.26. The maximum Gasteiger partial charge on any atom is 0.0156 e. The highest BCUT2D eigenvalue weighted by Gasteiger charge is 2.28. The van der Waals surface area contributed by atoms with Gasteiger partial charge in [0, 0.05) is 5.54 Å². The average molecular weight is 141 g/mol. The molecule has 0 aromatic heterocycles. The molecule has 0 radical (unpaired) electrons. The van der Waals surface area contributed by atoms with E-state index in [1.165, 1.54) is 25.8 Å². The third kappa shape index (κ3) is 1.98. The van der Waals surface area contributed by atoms with Crippen molar-refractivity contribution < 1.29 is 0 Å². The van der Waals surface area contributed by atoms with Crippen LogP contribution in [0.4, 0.5) is 0 Å². The van der Waals surface area contributed by atoms with E-state index in [1.54, 1.807) is 0 Å². The molecule has 0 aliphatic carbocycles. The molecule has 1 aliphatic rings. The van der Waals surface area contributed by atoms with Gasteiger partial charge in [-0.3, -0.25) is 0 Å². The van der Waals surface area contributed by atoms with Crippen LogP contribution in [0.25, 0.3) is 0 Å². The first kappa shape index (κ1) is 8.06. The second-order valence-corrected chi connectivity index (χ2v) is 4.19. The SMILES string of the molecule is CC(C)C[C@@]1(C)CCCN1. The van der Waals surface area contributed by atoms with Crippen LogP contribution in [0.5, 0.6) is 0 Å². The zero-order valence-electron chi connectivity index (χ0n) is 7.41. The van der Waals surface area contributed by atoms with Gasteiger partial charge in [0.15, 0.2) is 0 Å². The fraction of sp³-hybridized carbons (Fsp3) is 1.00. The lowest BCUT2D eigenvalue weighted by atomic mass is 9.90. The lowest BCUT2D eigenvalue weighted by Crippen LogP contribution is -2.37. The van der Waals surface area contributed by atoms with E-state index in [1.807, 2.05) is 0 Å². The molecular formula is C9H19N. The van der Waals surface area contributed by atoms with Gasteiger partial charge in [0.25, 0.3) is 0 Å². The molecule has 1 N–H and O–H groups in total. The molecule has 1 heterocycles. The minimum absolute atomic E-state index is 0.466. The number of hydrogen-bond donors (Lipinski definition) is 1. The Bertz CT molecular complexity index is 101. The highest BCUT2D eigenvalue weighted by atomic mass is 15.0. The summed E-state index contributed by atoms with van der Waals surface area (Å²) in [5.74, 6) is 0.829. The summed E-state index contributed by atoms with van der Waals surface area (Å²) in [6.45, 7) is 8.17. The first-order valence-electron chi connectivity index (χ1n) is 4.37. The van der Waals surface area contributed by atoms with Crippen LogP contribution < -0.4 is 5.32 Å². The van der Waals surface area contributed by atoms with Crippen LogP contribution in [0.1, 0.15) is 40.0 Å². The van der Waals surface area contributed by atoms with Gasteiger partial charge in [-0.05, 0) is 38.6 Å². The van der Waals surface area contributed by atoms with Gasteiger partial charge in [0.05, 0.1) is 0 Å². The van der Waals surface area contributed by atoms with Gasteiger partial charge >= 0.3 is 0 Å². The molecule has 1 rings (SSSR count). The van der Waals surface area contributed by atoms with Crippen molar-refractivity contribution in [1.82, 2.24) is 5.32 Å². The van der Waals surface area contributed by atoms with Crippen LogP contribution in [0.2, 0.25) is 0 Å². The van der Waals surface area contributed by atoms with Crippen molar-refractivity contribution in [1.29, 1.82) is 0 Å². The summed E-state index contributed by atoms with van der Waals surface area (Å²) in [5, 5.41) is 3.56. The van der Waals surface area contributed by atoms with E-state index >= 15 is 0 Å². The van der Waals surface area contributed by atoms with Crippen molar-refractivity contribution in [2.24, 2.45) is 5.92 Å². The normalized spacial score (nSPS) is 33.6. The second-order valence-electron chi connectivity index (χ2n) is 4.19. The fourth-order valence-electron chi connectivity index (χ4n) is 2.03. The molecule has 1 fully saturated rings. The summed E-state index contributed by atoms with van der Waals surface area (Å²) in [7, 11) is 0. The molecule has 1 saturated heterocycles. The molecule has 0 aromatic carbocycles. The Kier molecular flexibility index (Phi) is 2.35. The Hall–Kier alpha value is -0.0400. The fourth-order valence-corrected chi connectivity index (χ4v) is 2.03. The van der Waals surface area contributed by atoms with Gasteiger partial charge in [-0.25, -0.2) is 0 Å². The summed E-state index contributed by atoms with van der Waals surface area (Å²) < 4.78 is 0. The molecule has 1 heteroatoms.